The van der Waals surface area contributed by atoms with E-state index in [0.29, 0.717) is 30.7 Å². The van der Waals surface area contributed by atoms with E-state index in [2.05, 4.69) is 10.4 Å². The summed E-state index contributed by atoms with van der Waals surface area (Å²) in [7, 11) is 0. The summed E-state index contributed by atoms with van der Waals surface area (Å²) in [5.74, 6) is 1.92. The second kappa shape index (κ2) is 9.34. The number of piperidine rings is 1. The van der Waals surface area contributed by atoms with Gasteiger partial charge < -0.3 is 24.8 Å². The van der Waals surface area contributed by atoms with Crippen LogP contribution in [0.5, 0.6) is 5.88 Å². The Morgan fingerprint density at radius 2 is 1.87 bits per heavy atom. The average molecular weight is 518 g/mol. The van der Waals surface area contributed by atoms with Crippen molar-refractivity contribution in [1.29, 1.82) is 0 Å². The molecule has 2 amide bonds. The van der Waals surface area contributed by atoms with Crippen molar-refractivity contribution < 1.29 is 24.2 Å². The Kier molecular flexibility index (Phi) is 5.97. The molecule has 0 spiro atoms. The molecule has 1 saturated heterocycles. The van der Waals surface area contributed by atoms with Gasteiger partial charge in [0.2, 0.25) is 5.88 Å². The number of pyridine rings is 1. The van der Waals surface area contributed by atoms with Crippen molar-refractivity contribution in [3.8, 4) is 11.7 Å². The Hall–Kier alpha value is -4.08. The molecule has 0 bridgehead atoms. The summed E-state index contributed by atoms with van der Waals surface area (Å²) in [6.45, 7) is 4.92. The summed E-state index contributed by atoms with van der Waals surface area (Å²) in [6.07, 6.45) is 4.73. The number of nitrogens with zero attached hydrogens (tertiary/aromatic N) is 4. The minimum atomic E-state index is -0.893. The van der Waals surface area contributed by atoms with Crippen molar-refractivity contribution in [2.75, 3.05) is 13.1 Å². The molecule has 1 aliphatic heterocycles. The molecule has 1 aromatic carbocycles. The lowest BCUT2D eigenvalue weighted by Crippen LogP contribution is -2.41. The van der Waals surface area contributed by atoms with Crippen molar-refractivity contribution in [2.45, 2.75) is 50.9 Å². The van der Waals surface area contributed by atoms with Gasteiger partial charge in [-0.15, -0.1) is 0 Å². The molecule has 3 heterocycles. The summed E-state index contributed by atoms with van der Waals surface area (Å²) in [5.41, 5.74) is 2.09. The minimum Gasteiger partial charge on any atom is -0.474 e. The van der Waals surface area contributed by atoms with Crippen molar-refractivity contribution in [3.05, 3.63) is 71.5 Å². The third-order valence-corrected chi connectivity index (χ3v) is 7.67. The highest BCUT2D eigenvalue weighted by Crippen LogP contribution is 2.48. The average Bonchev–Trinajstić information content (AvgIpc) is 3.72. The maximum atomic E-state index is 12.7. The number of alkyl carbamates (subject to hydrolysis) is 1. The number of rotatable bonds is 8. The molecular weight excluding hydrogens is 486 g/mol. The van der Waals surface area contributed by atoms with E-state index in [1.54, 1.807) is 4.68 Å². The molecule has 10 heteroatoms. The fraction of sp³-hybridized carbons (Fsp3) is 0.429. The van der Waals surface area contributed by atoms with E-state index in [4.69, 9.17) is 14.5 Å². The Balaban J connectivity index is 1.21. The van der Waals surface area contributed by atoms with Crippen molar-refractivity contribution in [2.24, 2.45) is 11.8 Å². The summed E-state index contributed by atoms with van der Waals surface area (Å²) in [5, 5.41) is 16.7. The summed E-state index contributed by atoms with van der Waals surface area (Å²) >= 11 is 0. The van der Waals surface area contributed by atoms with Crippen LogP contribution in [0.15, 0.2) is 54.9 Å². The number of hydrogen-bond donors (Lipinski definition) is 2. The Morgan fingerprint density at radius 1 is 1.13 bits per heavy atom. The molecule has 1 unspecified atom stereocenters. The fourth-order valence-corrected chi connectivity index (χ4v) is 5.15. The van der Waals surface area contributed by atoms with Gasteiger partial charge in [-0.25, -0.2) is 14.3 Å². The zero-order chi connectivity index (χ0) is 26.4. The van der Waals surface area contributed by atoms with E-state index >= 15 is 0 Å². The molecule has 2 aliphatic carbocycles. The lowest BCUT2D eigenvalue weighted by atomic mass is 9.95. The third kappa shape index (κ3) is 5.03. The summed E-state index contributed by atoms with van der Waals surface area (Å²) in [4.78, 5) is 30.1. The van der Waals surface area contributed by atoms with E-state index < -0.39 is 17.7 Å². The molecule has 3 aromatic rings. The van der Waals surface area contributed by atoms with Gasteiger partial charge >= 0.3 is 12.2 Å². The monoisotopic (exact) mass is 517 g/mol. The molecule has 3 fully saturated rings. The van der Waals surface area contributed by atoms with Gasteiger partial charge in [0.05, 0.1) is 11.7 Å². The quantitative estimate of drug-likeness (QED) is 0.457. The maximum absolute atomic E-state index is 12.7. The molecule has 3 aliphatic rings. The Morgan fingerprint density at radius 3 is 2.55 bits per heavy atom. The van der Waals surface area contributed by atoms with E-state index in [9.17, 15) is 14.7 Å². The van der Waals surface area contributed by atoms with Crippen LogP contribution in [-0.4, -0.2) is 56.2 Å². The summed E-state index contributed by atoms with van der Waals surface area (Å²) < 4.78 is 13.5. The number of carbonyl (C=O) groups excluding carboxylic acids is 1. The van der Waals surface area contributed by atoms with Crippen LogP contribution in [0.4, 0.5) is 9.59 Å². The number of likely N-dealkylation sites (tertiary alicyclic amines) is 1. The highest BCUT2D eigenvalue weighted by molar-refractivity contribution is 5.68. The molecule has 2 N–H and O–H groups in total. The fourth-order valence-electron chi connectivity index (χ4n) is 5.15. The van der Waals surface area contributed by atoms with Gasteiger partial charge in [-0.05, 0) is 55.4 Å². The maximum Gasteiger partial charge on any atom is 0.408 e. The van der Waals surface area contributed by atoms with Crippen molar-refractivity contribution >= 4 is 12.2 Å². The largest absolute Gasteiger partial charge is 0.474 e. The van der Waals surface area contributed by atoms with Gasteiger partial charge in [-0.2, -0.15) is 10.1 Å². The number of aromatic nitrogens is 3. The van der Waals surface area contributed by atoms with E-state index in [1.165, 1.54) is 23.3 Å². The SMILES string of the molecule is CC(C)(NC(=O)OCc1ccccc1)c1cc(OC2[C@H]3CN(C(=O)O)C[C@@H]23)nc(-n2cc(C3CC3)cn2)c1. The lowest BCUT2D eigenvalue weighted by molar-refractivity contribution is 0.129. The van der Waals surface area contributed by atoms with Crippen LogP contribution >= 0.6 is 0 Å². The molecule has 2 aromatic heterocycles. The smallest absolute Gasteiger partial charge is 0.408 e. The van der Waals surface area contributed by atoms with Crippen LogP contribution in [0, 0.1) is 11.8 Å². The van der Waals surface area contributed by atoms with E-state index in [0.717, 1.165) is 11.1 Å². The first-order valence-corrected chi connectivity index (χ1v) is 13.0. The Bertz CT molecular complexity index is 1340. The van der Waals surface area contributed by atoms with Crippen LogP contribution in [0.25, 0.3) is 5.82 Å². The number of nitrogens with one attached hydrogen (secondary N) is 1. The van der Waals surface area contributed by atoms with Gasteiger partial charge in [0.1, 0.15) is 12.7 Å². The van der Waals surface area contributed by atoms with Crippen LogP contribution in [0.3, 0.4) is 0 Å². The predicted molar refractivity (Wildman–Crippen MR) is 137 cm³/mol. The standard InChI is InChI=1S/C28H31N5O5/c1-28(2,31-26(34)37-16-17-6-4-3-5-7-17)20-10-23(33-13-19(12-29-33)18-8-9-18)30-24(11-20)38-25-21-14-32(27(35)36)15-22(21)25/h3-7,10-13,18,21-22,25H,8-9,14-16H2,1-2H3,(H,31,34)(H,35,36)/t21-,22+,25?. The second-order valence-electron chi connectivity index (χ2n) is 11.0. The Labute approximate surface area is 220 Å². The first-order valence-electron chi connectivity index (χ1n) is 13.0. The zero-order valence-electron chi connectivity index (χ0n) is 21.4. The summed E-state index contributed by atoms with van der Waals surface area (Å²) in [6, 6.07) is 13.2. The van der Waals surface area contributed by atoms with Gasteiger partial charge in [0.25, 0.3) is 0 Å². The van der Waals surface area contributed by atoms with Crippen molar-refractivity contribution in [3.63, 3.8) is 0 Å². The first kappa shape index (κ1) is 24.3. The number of ether oxygens (including phenoxy) is 2. The number of carboxylic acid groups (broad SMARTS) is 1. The molecule has 0 radical (unpaired) electrons. The van der Waals surface area contributed by atoms with Gasteiger partial charge in [0.15, 0.2) is 5.82 Å². The molecule has 6 rings (SSSR count). The zero-order valence-corrected chi connectivity index (χ0v) is 21.4. The van der Waals surface area contributed by atoms with Crippen LogP contribution < -0.4 is 10.1 Å². The predicted octanol–water partition coefficient (Wildman–Crippen LogP) is 4.29. The number of hydrogen-bond acceptors (Lipinski definition) is 6. The number of carbonyl (C=O) groups is 2. The molecule has 38 heavy (non-hydrogen) atoms. The molecule has 2 saturated carbocycles. The number of benzene rings is 1. The molecule has 10 nitrogen and oxygen atoms in total. The lowest BCUT2D eigenvalue weighted by Gasteiger charge is -2.27. The van der Waals surface area contributed by atoms with Gasteiger partial charge in [0, 0.05) is 37.2 Å². The van der Waals surface area contributed by atoms with Crippen LogP contribution in [-0.2, 0) is 16.9 Å². The normalized spacial score (nSPS) is 22.1. The van der Waals surface area contributed by atoms with Crippen molar-refractivity contribution in [1.82, 2.24) is 25.0 Å². The first-order chi connectivity index (χ1) is 18.3. The van der Waals surface area contributed by atoms with E-state index in [1.807, 2.05) is 68.7 Å². The molecule has 198 valence electrons. The third-order valence-electron chi connectivity index (χ3n) is 7.67. The van der Waals surface area contributed by atoms with Gasteiger partial charge in [-0.3, -0.25) is 0 Å². The van der Waals surface area contributed by atoms with E-state index in [-0.39, 0.29) is 24.5 Å². The van der Waals surface area contributed by atoms with Gasteiger partial charge in [-0.1, -0.05) is 30.3 Å². The molecular formula is C28H31N5O5. The van der Waals surface area contributed by atoms with Crippen LogP contribution in [0.1, 0.15) is 49.3 Å². The minimum absolute atomic E-state index is 0.0762. The number of fused-ring (bicyclic) bond motifs is 1. The topological polar surface area (TPSA) is 119 Å². The van der Waals surface area contributed by atoms with Crippen LogP contribution in [0.2, 0.25) is 0 Å². The highest BCUT2D eigenvalue weighted by atomic mass is 16.5. The highest BCUT2D eigenvalue weighted by Gasteiger charge is 2.59. The number of amides is 2. The second-order valence-corrected chi connectivity index (χ2v) is 11.0. The molecule has 3 atom stereocenters.